The molecule has 0 saturated heterocycles. The van der Waals surface area contributed by atoms with E-state index < -0.39 is 35.8 Å². The Labute approximate surface area is 198 Å². The predicted octanol–water partition coefficient (Wildman–Crippen LogP) is 2.40. The van der Waals surface area contributed by atoms with Gasteiger partial charge in [0.15, 0.2) is 35.2 Å². The summed E-state index contributed by atoms with van der Waals surface area (Å²) in [5.74, 6) is -2.45. The molecule has 0 saturated carbocycles. The molecule has 0 unspecified atom stereocenters. The molecular weight excluding hydrogens is 460 g/mol. The van der Waals surface area contributed by atoms with Gasteiger partial charge in [0.05, 0.1) is 19.6 Å². The van der Waals surface area contributed by atoms with E-state index >= 15 is 0 Å². The molecule has 10 nitrogen and oxygen atoms in total. The van der Waals surface area contributed by atoms with Crippen LogP contribution in [-0.2, 0) is 0 Å². The van der Waals surface area contributed by atoms with Gasteiger partial charge in [-0.2, -0.15) is 0 Å². The van der Waals surface area contributed by atoms with Crippen LogP contribution in [0.5, 0.6) is 40.2 Å². The quantitative estimate of drug-likeness (QED) is 0.325. The summed E-state index contributed by atoms with van der Waals surface area (Å²) < 4.78 is 16.9. The zero-order valence-electron chi connectivity index (χ0n) is 18.4. The minimum absolute atomic E-state index is 0.0668. The lowest BCUT2D eigenvalue weighted by molar-refractivity contribution is 0.0209. The monoisotopic (exact) mass is 482 g/mol. The highest BCUT2D eigenvalue weighted by Gasteiger charge is 2.42. The van der Waals surface area contributed by atoms with Gasteiger partial charge in [0, 0.05) is 17.7 Å². The average molecular weight is 482 g/mol. The van der Waals surface area contributed by atoms with Gasteiger partial charge in [0.2, 0.25) is 5.78 Å². The molecule has 0 spiro atoms. The van der Waals surface area contributed by atoms with Gasteiger partial charge < -0.3 is 44.8 Å². The Bertz CT molecular complexity index is 1330. The molecule has 0 bridgehead atoms. The highest BCUT2D eigenvalue weighted by atomic mass is 16.5. The lowest BCUT2D eigenvalue weighted by atomic mass is 9.87. The minimum Gasteiger partial charge on any atom is -0.508 e. The second kappa shape index (κ2) is 8.26. The van der Waals surface area contributed by atoms with Gasteiger partial charge in [-0.1, -0.05) is 6.07 Å². The fraction of sp³-hybridized carbons (Fsp3) is 0.240. The third-order valence-electron chi connectivity index (χ3n) is 6.31. The number of carbonyl (C=O) groups is 1. The average Bonchev–Trinajstić information content (AvgIpc) is 3.20. The van der Waals surface area contributed by atoms with Gasteiger partial charge in [-0.25, -0.2) is 0 Å². The SMILES string of the molecule is COc1cc([C@H]2Oc3c(O)cc([C@@H]4Oc5cc(O)cc(O)c5C(=O)[C@@H]4O)cc3[C@H]2CO)ccc1O. The van der Waals surface area contributed by atoms with Crippen molar-refractivity contribution in [2.75, 3.05) is 13.7 Å². The normalized spacial score (nSPS) is 22.7. The van der Waals surface area contributed by atoms with E-state index in [1.54, 1.807) is 18.2 Å². The number of ether oxygens (including phenoxy) is 3. The number of benzene rings is 3. The van der Waals surface area contributed by atoms with Crippen LogP contribution in [0.1, 0.15) is 45.2 Å². The second-order valence-corrected chi connectivity index (χ2v) is 8.40. The maximum Gasteiger partial charge on any atom is 0.202 e. The number of hydrogen-bond donors (Lipinski definition) is 6. The fourth-order valence-corrected chi connectivity index (χ4v) is 4.63. The number of ketones is 1. The zero-order chi connectivity index (χ0) is 25.0. The summed E-state index contributed by atoms with van der Waals surface area (Å²) in [6.45, 7) is -0.360. The Hall–Kier alpha value is -4.15. The number of Topliss-reactive ketones (excluding diaryl/α,β-unsaturated/α-hetero) is 1. The van der Waals surface area contributed by atoms with Crippen LogP contribution in [0.2, 0.25) is 0 Å². The number of phenolic OH excluding ortho intramolecular Hbond substituents is 4. The lowest BCUT2D eigenvalue weighted by Crippen LogP contribution is -2.36. The lowest BCUT2D eigenvalue weighted by Gasteiger charge is -2.30. The Balaban J connectivity index is 1.54. The maximum atomic E-state index is 12.8. The van der Waals surface area contributed by atoms with E-state index in [9.17, 15) is 35.4 Å². The van der Waals surface area contributed by atoms with Gasteiger partial charge in [-0.3, -0.25) is 4.79 Å². The van der Waals surface area contributed by atoms with Crippen LogP contribution in [0.3, 0.4) is 0 Å². The molecule has 5 rings (SSSR count). The van der Waals surface area contributed by atoms with Crippen LogP contribution in [-0.4, -0.2) is 56.2 Å². The first kappa shape index (κ1) is 22.6. The number of aliphatic hydroxyl groups excluding tert-OH is 2. The molecule has 3 aromatic carbocycles. The van der Waals surface area contributed by atoms with E-state index in [4.69, 9.17) is 14.2 Å². The van der Waals surface area contributed by atoms with E-state index in [2.05, 4.69) is 0 Å². The topological polar surface area (TPSA) is 166 Å². The van der Waals surface area contributed by atoms with Crippen LogP contribution in [0.4, 0.5) is 0 Å². The van der Waals surface area contributed by atoms with Crippen LogP contribution < -0.4 is 14.2 Å². The molecule has 6 N–H and O–H groups in total. The van der Waals surface area contributed by atoms with Gasteiger partial charge in [0.1, 0.15) is 28.9 Å². The number of phenols is 4. The van der Waals surface area contributed by atoms with Crippen LogP contribution in [0, 0.1) is 0 Å². The van der Waals surface area contributed by atoms with Crippen molar-refractivity contribution in [1.82, 2.24) is 0 Å². The van der Waals surface area contributed by atoms with Crippen molar-refractivity contribution in [2.24, 2.45) is 0 Å². The first-order chi connectivity index (χ1) is 16.7. The first-order valence-corrected chi connectivity index (χ1v) is 10.7. The van der Waals surface area contributed by atoms with E-state index in [0.717, 1.165) is 12.1 Å². The fourth-order valence-electron chi connectivity index (χ4n) is 4.63. The second-order valence-electron chi connectivity index (χ2n) is 8.40. The van der Waals surface area contributed by atoms with Crippen molar-refractivity contribution in [3.8, 4) is 40.2 Å². The van der Waals surface area contributed by atoms with E-state index in [1.807, 2.05) is 0 Å². The molecule has 0 radical (unpaired) electrons. The van der Waals surface area contributed by atoms with Crippen LogP contribution in [0.25, 0.3) is 0 Å². The zero-order valence-corrected chi connectivity index (χ0v) is 18.4. The molecule has 2 heterocycles. The number of hydrogen-bond acceptors (Lipinski definition) is 10. The number of aromatic hydroxyl groups is 4. The van der Waals surface area contributed by atoms with Crippen molar-refractivity contribution in [3.05, 3.63) is 64.7 Å². The van der Waals surface area contributed by atoms with Gasteiger partial charge >= 0.3 is 0 Å². The number of rotatable bonds is 4. The minimum atomic E-state index is -1.71. The molecular formula is C25H22O10. The third-order valence-corrected chi connectivity index (χ3v) is 6.31. The number of methoxy groups -OCH3 is 1. The molecule has 0 amide bonds. The van der Waals surface area contributed by atoms with E-state index in [0.29, 0.717) is 11.1 Å². The number of carbonyl (C=O) groups excluding carboxylic acids is 1. The molecule has 10 heteroatoms. The van der Waals surface area contributed by atoms with Gasteiger partial charge in [-0.15, -0.1) is 0 Å². The first-order valence-electron chi connectivity index (χ1n) is 10.7. The maximum absolute atomic E-state index is 12.8. The molecule has 2 aliphatic rings. The van der Waals surface area contributed by atoms with Crippen LogP contribution in [0.15, 0.2) is 42.5 Å². The molecule has 0 fully saturated rings. The standard InChI is InChI=1S/C25H22O10/c1-33-18-6-10(2-3-15(18)28)23-14(9-26)13-4-11(5-17(30)25(13)35-23)24-22(32)21(31)20-16(29)7-12(27)8-19(20)34-24/h2-8,14,22-24,26-30,32H,9H2,1H3/t14-,22+,23-,24+/m1/s1. The summed E-state index contributed by atoms with van der Waals surface area (Å²) in [6, 6.07) is 9.56. The highest BCUT2D eigenvalue weighted by Crippen LogP contribution is 2.52. The highest BCUT2D eigenvalue weighted by molar-refractivity contribution is 6.05. The van der Waals surface area contributed by atoms with Crippen molar-refractivity contribution < 1.29 is 49.6 Å². The van der Waals surface area contributed by atoms with Crippen molar-refractivity contribution in [1.29, 1.82) is 0 Å². The summed E-state index contributed by atoms with van der Waals surface area (Å²) in [6.07, 6.45) is -3.69. The van der Waals surface area contributed by atoms with E-state index in [-0.39, 0.29) is 52.2 Å². The number of aliphatic hydroxyl groups is 2. The summed E-state index contributed by atoms with van der Waals surface area (Å²) in [4.78, 5) is 12.8. The van der Waals surface area contributed by atoms with Crippen molar-refractivity contribution in [2.45, 2.75) is 24.2 Å². The summed E-state index contributed by atoms with van der Waals surface area (Å²) in [7, 11) is 1.40. The van der Waals surface area contributed by atoms with Crippen molar-refractivity contribution in [3.63, 3.8) is 0 Å². The molecule has 3 aromatic rings. The van der Waals surface area contributed by atoms with Crippen LogP contribution >= 0.6 is 0 Å². The smallest absolute Gasteiger partial charge is 0.202 e. The Morgan fingerprint density at radius 2 is 1.66 bits per heavy atom. The molecule has 4 atom stereocenters. The largest absolute Gasteiger partial charge is 0.508 e. The predicted molar refractivity (Wildman–Crippen MR) is 119 cm³/mol. The third kappa shape index (κ3) is 3.54. The molecule has 35 heavy (non-hydrogen) atoms. The summed E-state index contributed by atoms with van der Waals surface area (Å²) in [5, 5.41) is 61.3. The molecule has 182 valence electrons. The Kier molecular flexibility index (Phi) is 5.34. The summed E-state index contributed by atoms with van der Waals surface area (Å²) >= 11 is 0. The molecule has 0 aliphatic carbocycles. The molecule has 2 aliphatic heterocycles. The van der Waals surface area contributed by atoms with Gasteiger partial charge in [-0.05, 0) is 35.4 Å². The van der Waals surface area contributed by atoms with Gasteiger partial charge in [0.25, 0.3) is 0 Å². The summed E-state index contributed by atoms with van der Waals surface area (Å²) in [5.41, 5.74) is 0.976. The Morgan fingerprint density at radius 1 is 0.886 bits per heavy atom. The Morgan fingerprint density at radius 3 is 2.37 bits per heavy atom. The molecule has 0 aromatic heterocycles. The number of fused-ring (bicyclic) bond motifs is 2. The van der Waals surface area contributed by atoms with Crippen molar-refractivity contribution >= 4 is 5.78 Å². The van der Waals surface area contributed by atoms with E-state index in [1.165, 1.54) is 19.2 Å².